The Bertz CT molecular complexity index is 563. The zero-order valence-electron chi connectivity index (χ0n) is 13.7. The fourth-order valence-electron chi connectivity index (χ4n) is 2.44. The van der Waals surface area contributed by atoms with Crippen LogP contribution in [0.4, 0.5) is 0 Å². The Kier molecular flexibility index (Phi) is 7.30. The van der Waals surface area contributed by atoms with E-state index < -0.39 is 60.8 Å². The number of nitrogens with two attached hydrogens (primary N) is 1. The summed E-state index contributed by atoms with van der Waals surface area (Å²) in [5.74, 6) is -4.65. The van der Waals surface area contributed by atoms with E-state index in [-0.39, 0.29) is 13.0 Å². The van der Waals surface area contributed by atoms with Crippen molar-refractivity contribution in [3.8, 4) is 0 Å². The zero-order chi connectivity index (χ0) is 19.1. The lowest BCUT2D eigenvalue weighted by molar-refractivity contribution is -0.150. The number of hydrogen-bond acceptors (Lipinski definition) is 6. The van der Waals surface area contributed by atoms with E-state index in [1.165, 1.54) is 6.92 Å². The third-order valence-electron chi connectivity index (χ3n) is 3.67. The molecule has 1 heterocycles. The van der Waals surface area contributed by atoms with Gasteiger partial charge in [-0.05, 0) is 19.8 Å². The van der Waals surface area contributed by atoms with Crippen LogP contribution in [0.2, 0.25) is 0 Å². The van der Waals surface area contributed by atoms with E-state index in [4.69, 9.17) is 15.9 Å². The normalized spacial score (nSPS) is 19.0. The molecule has 140 valence electrons. The van der Waals surface area contributed by atoms with Crippen molar-refractivity contribution in [1.29, 1.82) is 0 Å². The summed E-state index contributed by atoms with van der Waals surface area (Å²) in [7, 11) is 0. The smallest absolute Gasteiger partial charge is 0.326 e. The van der Waals surface area contributed by atoms with Gasteiger partial charge < -0.3 is 31.5 Å². The lowest BCUT2D eigenvalue weighted by Crippen LogP contribution is -2.54. The summed E-state index contributed by atoms with van der Waals surface area (Å²) in [6, 6.07) is -3.29. The Morgan fingerprint density at radius 2 is 1.88 bits per heavy atom. The van der Waals surface area contributed by atoms with Crippen molar-refractivity contribution in [2.24, 2.45) is 5.73 Å². The van der Waals surface area contributed by atoms with E-state index >= 15 is 0 Å². The Hall–Kier alpha value is -2.69. The fraction of sp³-hybridized carbons (Fsp3) is 0.643. The molecule has 6 N–H and O–H groups in total. The van der Waals surface area contributed by atoms with Gasteiger partial charge in [-0.2, -0.15) is 0 Å². The van der Waals surface area contributed by atoms with Crippen molar-refractivity contribution >= 4 is 29.7 Å². The van der Waals surface area contributed by atoms with E-state index in [9.17, 15) is 24.0 Å². The van der Waals surface area contributed by atoms with Crippen LogP contribution in [0.1, 0.15) is 26.2 Å². The summed E-state index contributed by atoms with van der Waals surface area (Å²) in [6.45, 7) is 1.11. The van der Waals surface area contributed by atoms with Crippen LogP contribution in [0.3, 0.4) is 0 Å². The molecule has 3 atom stereocenters. The first-order valence-corrected chi connectivity index (χ1v) is 7.71. The molecule has 0 aromatic heterocycles. The van der Waals surface area contributed by atoms with Crippen LogP contribution in [0.25, 0.3) is 0 Å². The molecular weight excluding hydrogens is 336 g/mol. The average Bonchev–Trinajstić information content (AvgIpc) is 3.00. The summed E-state index contributed by atoms with van der Waals surface area (Å²) in [5.41, 5.74) is 5.33. The van der Waals surface area contributed by atoms with Crippen molar-refractivity contribution in [2.45, 2.75) is 44.3 Å². The number of nitrogens with zero attached hydrogens (tertiary/aromatic N) is 1. The fourth-order valence-corrected chi connectivity index (χ4v) is 2.44. The molecule has 1 saturated heterocycles. The lowest BCUT2D eigenvalue weighted by atomic mass is 10.1. The molecule has 0 aromatic rings. The Morgan fingerprint density at radius 1 is 1.24 bits per heavy atom. The highest BCUT2D eigenvalue weighted by molar-refractivity contribution is 5.94. The first kappa shape index (κ1) is 20.4. The summed E-state index contributed by atoms with van der Waals surface area (Å²) < 4.78 is 0. The van der Waals surface area contributed by atoms with Crippen molar-refractivity contribution in [1.82, 2.24) is 15.5 Å². The molecule has 0 aliphatic carbocycles. The highest BCUT2D eigenvalue weighted by atomic mass is 16.4. The van der Waals surface area contributed by atoms with E-state index in [1.807, 2.05) is 0 Å². The highest BCUT2D eigenvalue weighted by Gasteiger charge is 2.38. The van der Waals surface area contributed by atoms with Gasteiger partial charge in [0.05, 0.1) is 19.0 Å². The number of carboxylic acid groups (broad SMARTS) is 2. The van der Waals surface area contributed by atoms with Crippen molar-refractivity contribution in [2.75, 3.05) is 13.1 Å². The number of carbonyl (C=O) groups is 5. The van der Waals surface area contributed by atoms with Gasteiger partial charge in [0.15, 0.2) is 0 Å². The number of nitrogens with one attached hydrogen (secondary N) is 2. The van der Waals surface area contributed by atoms with Crippen molar-refractivity contribution < 1.29 is 34.2 Å². The van der Waals surface area contributed by atoms with Gasteiger partial charge in [-0.1, -0.05) is 0 Å². The third kappa shape index (κ3) is 6.03. The third-order valence-corrected chi connectivity index (χ3v) is 3.67. The molecule has 1 aliphatic rings. The average molecular weight is 358 g/mol. The van der Waals surface area contributed by atoms with Crippen LogP contribution in [0.15, 0.2) is 0 Å². The maximum absolute atomic E-state index is 12.5. The van der Waals surface area contributed by atoms with E-state index in [2.05, 4.69) is 10.6 Å². The summed E-state index contributed by atoms with van der Waals surface area (Å²) >= 11 is 0. The molecule has 11 nitrogen and oxygen atoms in total. The van der Waals surface area contributed by atoms with E-state index in [0.29, 0.717) is 6.42 Å². The monoisotopic (exact) mass is 358 g/mol. The largest absolute Gasteiger partial charge is 0.481 e. The highest BCUT2D eigenvalue weighted by Crippen LogP contribution is 2.19. The summed E-state index contributed by atoms with van der Waals surface area (Å²) in [6.07, 6.45) is 0.0365. The maximum atomic E-state index is 12.5. The van der Waals surface area contributed by atoms with Gasteiger partial charge in [-0.25, -0.2) is 4.79 Å². The van der Waals surface area contributed by atoms with Gasteiger partial charge >= 0.3 is 11.9 Å². The van der Waals surface area contributed by atoms with Crippen LogP contribution < -0.4 is 16.4 Å². The maximum Gasteiger partial charge on any atom is 0.326 e. The number of carbonyl (C=O) groups excluding carboxylic acids is 3. The van der Waals surface area contributed by atoms with Gasteiger partial charge in [0.2, 0.25) is 17.7 Å². The molecule has 0 bridgehead atoms. The van der Waals surface area contributed by atoms with Gasteiger partial charge in [-0.15, -0.1) is 0 Å². The second kappa shape index (κ2) is 8.97. The Labute approximate surface area is 143 Å². The molecular formula is C14H22N4O7. The van der Waals surface area contributed by atoms with Crippen LogP contribution in [-0.2, 0) is 24.0 Å². The first-order chi connectivity index (χ1) is 11.6. The molecule has 11 heteroatoms. The van der Waals surface area contributed by atoms with E-state index in [1.54, 1.807) is 0 Å². The zero-order valence-corrected chi connectivity index (χ0v) is 13.7. The molecule has 3 unspecified atom stereocenters. The topological polar surface area (TPSA) is 179 Å². The molecule has 1 rings (SSSR count). The first-order valence-electron chi connectivity index (χ1n) is 7.71. The molecule has 0 saturated carbocycles. The Morgan fingerprint density at radius 3 is 2.40 bits per heavy atom. The molecule has 25 heavy (non-hydrogen) atoms. The predicted octanol–water partition coefficient (Wildman–Crippen LogP) is -2.52. The van der Waals surface area contributed by atoms with Crippen LogP contribution in [-0.4, -0.2) is 76.0 Å². The second-order valence-electron chi connectivity index (χ2n) is 5.75. The predicted molar refractivity (Wildman–Crippen MR) is 83.2 cm³/mol. The minimum atomic E-state index is -1.42. The Balaban J connectivity index is 2.74. The van der Waals surface area contributed by atoms with Gasteiger partial charge in [0.1, 0.15) is 12.1 Å². The molecule has 0 aromatic carbocycles. The SMILES string of the molecule is CC(N)C(=O)NCC(=O)NC(CC(=O)O)C(=O)N1CCCC1C(=O)O. The number of amides is 3. The molecule has 3 amide bonds. The van der Waals surface area contributed by atoms with E-state index in [0.717, 1.165) is 4.90 Å². The van der Waals surface area contributed by atoms with Gasteiger partial charge in [-0.3, -0.25) is 19.2 Å². The summed E-state index contributed by atoms with van der Waals surface area (Å²) in [5, 5.41) is 22.5. The summed E-state index contributed by atoms with van der Waals surface area (Å²) in [4.78, 5) is 58.8. The van der Waals surface area contributed by atoms with Crippen molar-refractivity contribution in [3.05, 3.63) is 0 Å². The number of aliphatic carboxylic acids is 2. The minimum absolute atomic E-state index is 0.170. The van der Waals surface area contributed by atoms with Crippen LogP contribution >= 0.6 is 0 Å². The number of hydrogen-bond donors (Lipinski definition) is 5. The van der Waals surface area contributed by atoms with Crippen molar-refractivity contribution in [3.63, 3.8) is 0 Å². The number of rotatable bonds is 8. The molecule has 0 radical (unpaired) electrons. The number of likely N-dealkylation sites (tertiary alicyclic amines) is 1. The van der Waals surface area contributed by atoms with Crippen LogP contribution in [0, 0.1) is 0 Å². The quantitative estimate of drug-likeness (QED) is 0.315. The number of carboxylic acids is 2. The second-order valence-corrected chi connectivity index (χ2v) is 5.75. The lowest BCUT2D eigenvalue weighted by Gasteiger charge is -2.26. The standard InChI is InChI=1S/C14H22N4O7/c1-7(15)12(22)16-6-10(19)17-8(5-11(20)21)13(23)18-4-2-3-9(18)14(24)25/h7-9H,2-6,15H2,1H3,(H,16,22)(H,17,19)(H,20,21)(H,24,25). The molecule has 1 fully saturated rings. The van der Waals surface area contributed by atoms with Crippen LogP contribution in [0.5, 0.6) is 0 Å². The molecule has 0 spiro atoms. The molecule has 1 aliphatic heterocycles. The van der Waals surface area contributed by atoms with Gasteiger partial charge in [0, 0.05) is 6.54 Å². The minimum Gasteiger partial charge on any atom is -0.481 e. The van der Waals surface area contributed by atoms with Gasteiger partial charge in [0.25, 0.3) is 0 Å².